The molecule has 0 atom stereocenters. The number of ether oxygens (including phenoxy) is 2. The molecule has 1 aromatic carbocycles. The van der Waals surface area contributed by atoms with Gasteiger partial charge in [0.15, 0.2) is 6.61 Å². The van der Waals surface area contributed by atoms with Crippen LogP contribution in [0.15, 0.2) is 24.3 Å². The summed E-state index contributed by atoms with van der Waals surface area (Å²) < 4.78 is 11.2. The molecule has 1 heterocycles. The summed E-state index contributed by atoms with van der Waals surface area (Å²) in [6, 6.07) is 7.51. The number of nitrogens with zero attached hydrogens (tertiary/aromatic N) is 1. The minimum absolute atomic E-state index is 0.0759. The number of carbonyl (C=O) groups excluding carboxylic acids is 1. The van der Waals surface area contributed by atoms with E-state index in [4.69, 9.17) is 9.47 Å². The molecule has 1 saturated heterocycles. The monoisotopic (exact) mass is 291 g/mol. The van der Waals surface area contributed by atoms with Gasteiger partial charge in [-0.15, -0.1) is 0 Å². The van der Waals surface area contributed by atoms with Gasteiger partial charge in [-0.05, 0) is 37.8 Å². The van der Waals surface area contributed by atoms with Crippen molar-refractivity contribution in [2.45, 2.75) is 39.0 Å². The summed E-state index contributed by atoms with van der Waals surface area (Å²) in [4.78, 5) is 13.9. The third-order valence-electron chi connectivity index (χ3n) is 3.64. The molecule has 1 aromatic rings. The summed E-state index contributed by atoms with van der Waals surface area (Å²) >= 11 is 0. The Morgan fingerprint density at radius 2 is 1.86 bits per heavy atom. The molecule has 0 aliphatic carbocycles. The van der Waals surface area contributed by atoms with Gasteiger partial charge in [0.2, 0.25) is 0 Å². The molecule has 4 heteroatoms. The average molecular weight is 291 g/mol. The topological polar surface area (TPSA) is 38.8 Å². The second-order valence-electron chi connectivity index (χ2n) is 5.41. The van der Waals surface area contributed by atoms with Crippen LogP contribution in [0.1, 0.15) is 39.0 Å². The second kappa shape index (κ2) is 8.55. The zero-order valence-corrected chi connectivity index (χ0v) is 12.8. The first-order valence-electron chi connectivity index (χ1n) is 7.93. The largest absolute Gasteiger partial charge is 0.493 e. The molecule has 0 bridgehead atoms. The number of hydrogen-bond acceptors (Lipinski definition) is 3. The van der Waals surface area contributed by atoms with Gasteiger partial charge in [0.1, 0.15) is 11.5 Å². The Hall–Kier alpha value is -1.71. The SMILES string of the molecule is CCCCOc1cccc(OCC(=O)N2CCCCC2)c1. The predicted molar refractivity (Wildman–Crippen MR) is 82.8 cm³/mol. The number of likely N-dealkylation sites (tertiary alicyclic amines) is 1. The fourth-order valence-corrected chi connectivity index (χ4v) is 2.37. The van der Waals surface area contributed by atoms with Crippen LogP contribution in [0.2, 0.25) is 0 Å². The van der Waals surface area contributed by atoms with E-state index >= 15 is 0 Å². The van der Waals surface area contributed by atoms with E-state index in [1.165, 1.54) is 6.42 Å². The van der Waals surface area contributed by atoms with E-state index in [9.17, 15) is 4.79 Å². The molecular formula is C17H25NO3. The second-order valence-corrected chi connectivity index (χ2v) is 5.41. The number of piperidine rings is 1. The third-order valence-corrected chi connectivity index (χ3v) is 3.64. The highest BCUT2D eigenvalue weighted by Crippen LogP contribution is 2.20. The molecule has 0 spiro atoms. The van der Waals surface area contributed by atoms with Crippen LogP contribution in [0.4, 0.5) is 0 Å². The fraction of sp³-hybridized carbons (Fsp3) is 0.588. The maximum Gasteiger partial charge on any atom is 0.260 e. The van der Waals surface area contributed by atoms with E-state index in [1.807, 2.05) is 29.2 Å². The maximum atomic E-state index is 12.0. The minimum Gasteiger partial charge on any atom is -0.493 e. The van der Waals surface area contributed by atoms with Crippen LogP contribution in [-0.4, -0.2) is 37.1 Å². The van der Waals surface area contributed by atoms with Crippen molar-refractivity contribution in [3.8, 4) is 11.5 Å². The van der Waals surface area contributed by atoms with Gasteiger partial charge in [0.25, 0.3) is 5.91 Å². The van der Waals surface area contributed by atoms with Crippen LogP contribution < -0.4 is 9.47 Å². The first-order chi connectivity index (χ1) is 10.3. The van der Waals surface area contributed by atoms with E-state index in [-0.39, 0.29) is 12.5 Å². The van der Waals surface area contributed by atoms with Crippen molar-refractivity contribution >= 4 is 5.91 Å². The summed E-state index contributed by atoms with van der Waals surface area (Å²) in [5.74, 6) is 1.56. The number of unbranched alkanes of at least 4 members (excludes halogenated alkanes) is 1. The van der Waals surface area contributed by atoms with Gasteiger partial charge in [0.05, 0.1) is 6.61 Å². The number of hydrogen-bond donors (Lipinski definition) is 0. The number of carbonyl (C=O) groups is 1. The van der Waals surface area contributed by atoms with Crippen LogP contribution in [0.5, 0.6) is 11.5 Å². The molecule has 21 heavy (non-hydrogen) atoms. The van der Waals surface area contributed by atoms with Gasteiger partial charge in [-0.2, -0.15) is 0 Å². The van der Waals surface area contributed by atoms with Gasteiger partial charge >= 0.3 is 0 Å². The molecule has 116 valence electrons. The summed E-state index contributed by atoms with van der Waals surface area (Å²) in [5, 5.41) is 0. The van der Waals surface area contributed by atoms with E-state index in [1.54, 1.807) is 0 Å². The highest BCUT2D eigenvalue weighted by atomic mass is 16.5. The summed E-state index contributed by atoms with van der Waals surface area (Å²) in [6.45, 7) is 4.69. The maximum absolute atomic E-state index is 12.0. The lowest BCUT2D eigenvalue weighted by atomic mass is 10.1. The molecule has 2 rings (SSSR count). The highest BCUT2D eigenvalue weighted by Gasteiger charge is 2.16. The average Bonchev–Trinajstić information content (AvgIpc) is 2.54. The molecule has 1 amide bonds. The van der Waals surface area contributed by atoms with Crippen molar-refractivity contribution in [2.75, 3.05) is 26.3 Å². The predicted octanol–water partition coefficient (Wildman–Crippen LogP) is 3.26. The van der Waals surface area contributed by atoms with Crippen molar-refractivity contribution in [1.29, 1.82) is 0 Å². The first kappa shape index (κ1) is 15.7. The normalized spacial score (nSPS) is 14.8. The summed E-state index contributed by atoms with van der Waals surface area (Å²) in [7, 11) is 0. The lowest BCUT2D eigenvalue weighted by Gasteiger charge is -2.26. The highest BCUT2D eigenvalue weighted by molar-refractivity contribution is 5.77. The minimum atomic E-state index is 0.0759. The van der Waals surface area contributed by atoms with E-state index in [0.29, 0.717) is 12.4 Å². The molecule has 0 unspecified atom stereocenters. The van der Waals surface area contributed by atoms with Gasteiger partial charge in [-0.1, -0.05) is 19.4 Å². The lowest BCUT2D eigenvalue weighted by molar-refractivity contribution is -0.134. The zero-order chi connectivity index (χ0) is 14.9. The molecular weight excluding hydrogens is 266 g/mol. The summed E-state index contributed by atoms with van der Waals surface area (Å²) in [6.07, 6.45) is 5.58. The molecule has 0 aromatic heterocycles. The lowest BCUT2D eigenvalue weighted by Crippen LogP contribution is -2.38. The number of amides is 1. The van der Waals surface area contributed by atoms with Crippen LogP contribution in [0.3, 0.4) is 0 Å². The van der Waals surface area contributed by atoms with Gasteiger partial charge in [-0.3, -0.25) is 4.79 Å². The van der Waals surface area contributed by atoms with Gasteiger partial charge in [0, 0.05) is 19.2 Å². The zero-order valence-electron chi connectivity index (χ0n) is 12.8. The number of benzene rings is 1. The molecule has 1 fully saturated rings. The molecule has 4 nitrogen and oxygen atoms in total. The van der Waals surface area contributed by atoms with Crippen molar-refractivity contribution in [1.82, 2.24) is 4.90 Å². The van der Waals surface area contributed by atoms with Crippen LogP contribution in [0.25, 0.3) is 0 Å². The van der Waals surface area contributed by atoms with Crippen LogP contribution in [0, 0.1) is 0 Å². The van der Waals surface area contributed by atoms with E-state index < -0.39 is 0 Å². The van der Waals surface area contributed by atoms with Crippen molar-refractivity contribution in [3.05, 3.63) is 24.3 Å². The number of rotatable bonds is 7. The Labute approximate surface area is 127 Å². The Morgan fingerprint density at radius 1 is 1.14 bits per heavy atom. The third kappa shape index (κ3) is 5.29. The molecule has 0 radical (unpaired) electrons. The Balaban J connectivity index is 1.79. The standard InChI is InChI=1S/C17H25NO3/c1-2-3-12-20-15-8-7-9-16(13-15)21-14-17(19)18-10-5-4-6-11-18/h7-9,13H,2-6,10-12,14H2,1H3. The van der Waals surface area contributed by atoms with E-state index in [0.717, 1.165) is 44.5 Å². The molecule has 1 aliphatic rings. The van der Waals surface area contributed by atoms with Crippen molar-refractivity contribution in [3.63, 3.8) is 0 Å². The molecule has 0 saturated carbocycles. The molecule has 0 N–H and O–H groups in total. The Morgan fingerprint density at radius 3 is 2.57 bits per heavy atom. The Kier molecular flexibility index (Phi) is 6.38. The fourth-order valence-electron chi connectivity index (χ4n) is 2.37. The van der Waals surface area contributed by atoms with Crippen LogP contribution in [-0.2, 0) is 4.79 Å². The molecule has 1 aliphatic heterocycles. The van der Waals surface area contributed by atoms with Gasteiger partial charge in [-0.25, -0.2) is 0 Å². The Bertz CT molecular complexity index is 441. The quantitative estimate of drug-likeness (QED) is 0.724. The van der Waals surface area contributed by atoms with Crippen LogP contribution >= 0.6 is 0 Å². The van der Waals surface area contributed by atoms with Crippen molar-refractivity contribution < 1.29 is 14.3 Å². The summed E-state index contributed by atoms with van der Waals surface area (Å²) in [5.41, 5.74) is 0. The van der Waals surface area contributed by atoms with E-state index in [2.05, 4.69) is 6.92 Å². The van der Waals surface area contributed by atoms with Gasteiger partial charge < -0.3 is 14.4 Å². The smallest absolute Gasteiger partial charge is 0.260 e. The first-order valence-corrected chi connectivity index (χ1v) is 7.93. The van der Waals surface area contributed by atoms with Crippen molar-refractivity contribution in [2.24, 2.45) is 0 Å².